The number of likely N-dealkylation sites (tertiary alicyclic amines) is 1. The molecule has 0 bridgehead atoms. The highest BCUT2D eigenvalue weighted by Gasteiger charge is 2.36. The van der Waals surface area contributed by atoms with E-state index >= 15 is 0 Å². The Morgan fingerprint density at radius 3 is 2.42 bits per heavy atom. The Morgan fingerprint density at radius 1 is 1.12 bits per heavy atom. The predicted molar refractivity (Wildman–Crippen MR) is 93.0 cm³/mol. The van der Waals surface area contributed by atoms with Crippen LogP contribution in [0.25, 0.3) is 0 Å². The fraction of sp³-hybridized carbons (Fsp3) is 0.300. The van der Waals surface area contributed by atoms with Crippen LogP contribution in [0, 0.1) is 0 Å². The Hall–Kier alpha value is -2.62. The molecular formula is C20H22N2O2. The van der Waals surface area contributed by atoms with E-state index < -0.39 is 0 Å². The summed E-state index contributed by atoms with van der Waals surface area (Å²) in [6.45, 7) is 2.45. The Morgan fingerprint density at radius 2 is 1.75 bits per heavy atom. The second-order valence-electron chi connectivity index (χ2n) is 6.20. The normalized spacial score (nSPS) is 18.5. The first-order valence-electron chi connectivity index (χ1n) is 8.34. The van der Waals surface area contributed by atoms with Crippen LogP contribution in [0.2, 0.25) is 0 Å². The lowest BCUT2D eigenvalue weighted by Crippen LogP contribution is -2.45. The molecule has 24 heavy (non-hydrogen) atoms. The van der Waals surface area contributed by atoms with E-state index in [4.69, 9.17) is 0 Å². The van der Waals surface area contributed by atoms with E-state index in [1.807, 2.05) is 67.6 Å². The summed E-state index contributed by atoms with van der Waals surface area (Å²) in [5, 5.41) is 3.04. The third kappa shape index (κ3) is 3.65. The summed E-state index contributed by atoms with van der Waals surface area (Å²) >= 11 is 0. The van der Waals surface area contributed by atoms with Crippen LogP contribution in [0.3, 0.4) is 0 Å². The summed E-state index contributed by atoms with van der Waals surface area (Å²) in [7, 11) is 0. The number of carbonyl (C=O) groups is 2. The van der Waals surface area contributed by atoms with Crippen LogP contribution >= 0.6 is 0 Å². The zero-order valence-electron chi connectivity index (χ0n) is 13.8. The summed E-state index contributed by atoms with van der Waals surface area (Å²) in [6, 6.07) is 19.2. The fourth-order valence-electron chi connectivity index (χ4n) is 3.12. The molecule has 4 nitrogen and oxygen atoms in total. The molecule has 1 saturated heterocycles. The van der Waals surface area contributed by atoms with Crippen molar-refractivity contribution in [1.82, 2.24) is 10.2 Å². The average molecular weight is 322 g/mol. The lowest BCUT2D eigenvalue weighted by molar-refractivity contribution is -0.136. The highest BCUT2D eigenvalue weighted by molar-refractivity contribution is 5.91. The van der Waals surface area contributed by atoms with Crippen molar-refractivity contribution < 1.29 is 9.59 Å². The molecule has 0 saturated carbocycles. The summed E-state index contributed by atoms with van der Waals surface area (Å²) in [4.78, 5) is 26.6. The molecule has 2 aromatic rings. The van der Waals surface area contributed by atoms with E-state index in [1.165, 1.54) is 0 Å². The number of hydrogen-bond acceptors (Lipinski definition) is 2. The van der Waals surface area contributed by atoms with E-state index in [0.717, 1.165) is 11.1 Å². The Kier molecular flexibility index (Phi) is 4.94. The van der Waals surface area contributed by atoms with Gasteiger partial charge in [0.25, 0.3) is 0 Å². The van der Waals surface area contributed by atoms with Crippen molar-refractivity contribution in [2.75, 3.05) is 0 Å². The molecule has 1 aliphatic heterocycles. The zero-order valence-corrected chi connectivity index (χ0v) is 13.8. The standard InChI is InChI=1S/C20H22N2O2/c1-15(17-10-6-3-7-11-17)21-20(24)18-12-13-19(23)22(18)14-16-8-4-2-5-9-16/h2-11,15,18H,12-14H2,1H3,(H,21,24). The average Bonchev–Trinajstić information content (AvgIpc) is 2.97. The van der Waals surface area contributed by atoms with Gasteiger partial charge in [-0.1, -0.05) is 60.7 Å². The molecule has 1 heterocycles. The minimum Gasteiger partial charge on any atom is -0.348 e. The molecule has 0 radical (unpaired) electrons. The zero-order chi connectivity index (χ0) is 16.9. The Balaban J connectivity index is 1.68. The van der Waals surface area contributed by atoms with Crippen molar-refractivity contribution in [3.05, 3.63) is 71.8 Å². The number of amides is 2. The second-order valence-corrected chi connectivity index (χ2v) is 6.20. The quantitative estimate of drug-likeness (QED) is 0.920. The van der Waals surface area contributed by atoms with Gasteiger partial charge in [-0.2, -0.15) is 0 Å². The van der Waals surface area contributed by atoms with E-state index in [0.29, 0.717) is 19.4 Å². The van der Waals surface area contributed by atoms with Crippen LogP contribution in [0.15, 0.2) is 60.7 Å². The Labute approximate surface area is 142 Å². The van der Waals surface area contributed by atoms with Gasteiger partial charge >= 0.3 is 0 Å². The number of nitrogens with zero attached hydrogens (tertiary/aromatic N) is 1. The van der Waals surface area contributed by atoms with Crippen LogP contribution in [0.4, 0.5) is 0 Å². The topological polar surface area (TPSA) is 49.4 Å². The van der Waals surface area contributed by atoms with Gasteiger partial charge in [-0.3, -0.25) is 9.59 Å². The first kappa shape index (κ1) is 16.2. The first-order chi connectivity index (χ1) is 11.6. The molecule has 2 amide bonds. The van der Waals surface area contributed by atoms with E-state index in [2.05, 4.69) is 5.32 Å². The van der Waals surface area contributed by atoms with Crippen LogP contribution < -0.4 is 5.32 Å². The van der Waals surface area contributed by atoms with Crippen LogP contribution in [0.5, 0.6) is 0 Å². The number of hydrogen-bond donors (Lipinski definition) is 1. The molecule has 124 valence electrons. The monoisotopic (exact) mass is 322 g/mol. The van der Waals surface area contributed by atoms with Gasteiger partial charge in [-0.15, -0.1) is 0 Å². The maximum atomic E-state index is 12.7. The molecular weight excluding hydrogens is 300 g/mol. The summed E-state index contributed by atoms with van der Waals surface area (Å²) in [6.07, 6.45) is 1.02. The summed E-state index contributed by atoms with van der Waals surface area (Å²) < 4.78 is 0. The van der Waals surface area contributed by atoms with Crippen molar-refractivity contribution in [3.63, 3.8) is 0 Å². The summed E-state index contributed by atoms with van der Waals surface area (Å²) in [5.74, 6) is -0.0282. The van der Waals surface area contributed by atoms with Crippen LogP contribution in [-0.4, -0.2) is 22.8 Å². The van der Waals surface area contributed by atoms with Gasteiger partial charge in [0.15, 0.2) is 0 Å². The third-order valence-corrected chi connectivity index (χ3v) is 4.48. The largest absolute Gasteiger partial charge is 0.348 e. The summed E-state index contributed by atoms with van der Waals surface area (Å²) in [5.41, 5.74) is 2.10. The number of nitrogens with one attached hydrogen (secondary N) is 1. The van der Waals surface area contributed by atoms with Gasteiger partial charge in [-0.05, 0) is 24.5 Å². The van der Waals surface area contributed by atoms with E-state index in [1.54, 1.807) is 4.90 Å². The van der Waals surface area contributed by atoms with Crippen molar-refractivity contribution in [3.8, 4) is 0 Å². The molecule has 0 aliphatic carbocycles. The van der Waals surface area contributed by atoms with E-state index in [-0.39, 0.29) is 23.9 Å². The molecule has 0 spiro atoms. The number of carbonyl (C=O) groups excluding carboxylic acids is 2. The van der Waals surface area contributed by atoms with Gasteiger partial charge in [0.05, 0.1) is 6.04 Å². The van der Waals surface area contributed by atoms with Gasteiger partial charge in [0.1, 0.15) is 6.04 Å². The molecule has 1 N–H and O–H groups in total. The Bertz CT molecular complexity index is 700. The molecule has 1 aliphatic rings. The molecule has 3 rings (SSSR count). The highest BCUT2D eigenvalue weighted by Crippen LogP contribution is 2.23. The number of rotatable bonds is 5. The van der Waals surface area contributed by atoms with E-state index in [9.17, 15) is 9.59 Å². The molecule has 2 atom stereocenters. The maximum absolute atomic E-state index is 12.7. The van der Waals surface area contributed by atoms with Gasteiger partial charge in [-0.25, -0.2) is 0 Å². The predicted octanol–water partition coefficient (Wildman–Crippen LogP) is 3.06. The molecule has 1 fully saturated rings. The second kappa shape index (κ2) is 7.30. The first-order valence-corrected chi connectivity index (χ1v) is 8.34. The number of benzene rings is 2. The van der Waals surface area contributed by atoms with Gasteiger partial charge in [0, 0.05) is 13.0 Å². The highest BCUT2D eigenvalue weighted by atomic mass is 16.2. The molecule has 4 heteroatoms. The SMILES string of the molecule is CC(NC(=O)C1CCC(=O)N1Cc1ccccc1)c1ccccc1. The lowest BCUT2D eigenvalue weighted by Gasteiger charge is -2.26. The molecule has 0 aromatic heterocycles. The van der Waals surface area contributed by atoms with Crippen molar-refractivity contribution in [2.45, 2.75) is 38.4 Å². The smallest absolute Gasteiger partial charge is 0.243 e. The maximum Gasteiger partial charge on any atom is 0.243 e. The minimum absolute atomic E-state index is 0.0476. The van der Waals surface area contributed by atoms with Gasteiger partial charge in [0.2, 0.25) is 11.8 Å². The minimum atomic E-state index is -0.385. The van der Waals surface area contributed by atoms with Crippen molar-refractivity contribution >= 4 is 11.8 Å². The molecule has 2 unspecified atom stereocenters. The molecule has 2 aromatic carbocycles. The van der Waals surface area contributed by atoms with Crippen molar-refractivity contribution in [2.24, 2.45) is 0 Å². The van der Waals surface area contributed by atoms with Gasteiger partial charge < -0.3 is 10.2 Å². The fourth-order valence-corrected chi connectivity index (χ4v) is 3.12. The van der Waals surface area contributed by atoms with Crippen LogP contribution in [-0.2, 0) is 16.1 Å². The van der Waals surface area contributed by atoms with Crippen LogP contribution in [0.1, 0.15) is 36.9 Å². The third-order valence-electron chi connectivity index (χ3n) is 4.48. The van der Waals surface area contributed by atoms with Crippen molar-refractivity contribution in [1.29, 1.82) is 0 Å². The lowest BCUT2D eigenvalue weighted by atomic mass is 10.1.